The first-order chi connectivity index (χ1) is 72.7. The molecule has 0 amide bonds. The fraction of sp³-hybridized carbons (Fsp3) is 0. The summed E-state index contributed by atoms with van der Waals surface area (Å²) in [5, 5.41) is 18.6. The lowest BCUT2D eigenvalue weighted by Crippen LogP contribution is -2.26. The second-order valence-corrected chi connectivity index (χ2v) is 42.8. The Morgan fingerprint density at radius 2 is 0.463 bits per heavy atom. The Balaban J connectivity index is 0.000000105. The van der Waals surface area contributed by atoms with E-state index in [-0.39, 0.29) is 0 Å². The van der Waals surface area contributed by atoms with Crippen LogP contribution in [0.5, 0.6) is 0 Å². The fourth-order valence-electron chi connectivity index (χ4n) is 22.5. The van der Waals surface area contributed by atoms with Crippen LogP contribution in [0.4, 0.5) is 0 Å². The average molecular weight is 1920 g/mol. The molecule has 0 saturated heterocycles. The quantitative estimate of drug-likeness (QED) is 0.109. The van der Waals surface area contributed by atoms with Crippen LogP contribution >= 0.6 is 14.3 Å². The number of fused-ring (bicyclic) bond motifs is 27. The lowest BCUT2D eigenvalue weighted by Gasteiger charge is -2.23. The van der Waals surface area contributed by atoms with Gasteiger partial charge in [-0.1, -0.05) is 334 Å². The Labute approximate surface area is 840 Å². The van der Waals surface area contributed by atoms with E-state index in [0.717, 1.165) is 248 Å². The number of benzene rings is 21. The normalized spacial score (nSPS) is 12.1. The predicted molar refractivity (Wildman–Crippen MR) is 606 cm³/mol. The SMILES string of the molecule is O=P(c1ccc2c(c1)c1ccccc1n2-c1nc2ccccc2c2nc3ccccc3n12)(c1cccc2ccccc12)c1cccc2ccccc12.O=P(c1ccccc1)(c1ccccc1)c1ccc2c(c1)c1ccccc1n2-c1nc2ccccc2c2nc3ccccc3n12.c1ccc(-n2c(-c3ccc(-c4ccc5c(c4)c4ccccc4n5-c4nc5ccccc5c5nc6ccccc6n45)cc3)nc3ccccc32)cc1. The number of nitrogens with zero attached hydrogens (tertiary/aromatic N) is 14. The zero-order valence-corrected chi connectivity index (χ0v) is 80.6. The average Bonchev–Trinajstić information content (AvgIpc) is 1.56. The van der Waals surface area contributed by atoms with E-state index in [1.807, 2.05) is 188 Å². The van der Waals surface area contributed by atoms with Gasteiger partial charge in [-0.25, -0.2) is 34.9 Å². The Morgan fingerprint density at radius 1 is 0.170 bits per heavy atom. The van der Waals surface area contributed by atoms with Gasteiger partial charge in [0.05, 0.1) is 93.8 Å². The summed E-state index contributed by atoms with van der Waals surface area (Å²) < 4.78 is 47.3. The van der Waals surface area contributed by atoms with E-state index in [4.69, 9.17) is 34.9 Å². The van der Waals surface area contributed by atoms with E-state index < -0.39 is 14.3 Å². The second kappa shape index (κ2) is 33.8. The van der Waals surface area contributed by atoms with Gasteiger partial charge in [0, 0.05) is 91.6 Å². The van der Waals surface area contributed by atoms with Crippen molar-refractivity contribution in [3.63, 3.8) is 0 Å². The summed E-state index contributed by atoms with van der Waals surface area (Å²) in [7, 11) is -6.60. The summed E-state index contributed by atoms with van der Waals surface area (Å²) in [6, 6.07) is 170. The number of hydrogen-bond acceptors (Lipinski definition) is 9. The minimum Gasteiger partial charge on any atom is -0.309 e. The lowest BCUT2D eigenvalue weighted by atomic mass is 10.0. The lowest BCUT2D eigenvalue weighted by molar-refractivity contribution is 0.592. The molecule has 147 heavy (non-hydrogen) atoms. The molecule has 21 aromatic carbocycles. The first-order valence-corrected chi connectivity index (χ1v) is 52.6. The highest BCUT2D eigenvalue weighted by Crippen LogP contribution is 2.50. The van der Waals surface area contributed by atoms with Gasteiger partial charge in [0.1, 0.15) is 22.8 Å². The van der Waals surface area contributed by atoms with Gasteiger partial charge in [-0.2, -0.15) is 0 Å². The van der Waals surface area contributed by atoms with Crippen molar-refractivity contribution < 1.29 is 9.13 Å². The molecule has 0 atom stereocenters. The minimum atomic E-state index is -3.45. The summed E-state index contributed by atoms with van der Waals surface area (Å²) >= 11 is 0. The van der Waals surface area contributed by atoms with Crippen LogP contribution in [0.25, 0.3) is 227 Å². The summed E-state index contributed by atoms with van der Waals surface area (Å²) in [4.78, 5) is 36.2. The highest BCUT2D eigenvalue weighted by molar-refractivity contribution is 7.86. The first kappa shape index (κ1) is 84.7. The van der Waals surface area contributed by atoms with Crippen LogP contribution in [-0.2, 0) is 9.13 Å². The number of rotatable bonds is 12. The number of hydrogen-bond donors (Lipinski definition) is 0. The van der Waals surface area contributed by atoms with Crippen molar-refractivity contribution in [2.24, 2.45) is 0 Å². The third-order valence-electron chi connectivity index (χ3n) is 29.2. The van der Waals surface area contributed by atoms with Gasteiger partial charge in [0.15, 0.2) is 14.3 Å². The number of imidazole rings is 4. The zero-order chi connectivity index (χ0) is 97.1. The summed E-state index contributed by atoms with van der Waals surface area (Å²) in [6.45, 7) is 0. The topological polar surface area (TPSA) is 157 Å². The fourth-order valence-corrected chi connectivity index (χ4v) is 28.3. The van der Waals surface area contributed by atoms with Crippen molar-refractivity contribution in [2.45, 2.75) is 0 Å². The van der Waals surface area contributed by atoms with Crippen molar-refractivity contribution in [1.29, 1.82) is 0 Å². The predicted octanol–water partition coefficient (Wildman–Crippen LogP) is 28.7. The maximum atomic E-state index is 16.5. The molecule has 31 aromatic rings. The molecule has 0 saturated carbocycles. The van der Waals surface area contributed by atoms with Crippen LogP contribution in [0.3, 0.4) is 0 Å². The van der Waals surface area contributed by atoms with Crippen molar-refractivity contribution in [2.75, 3.05) is 0 Å². The van der Waals surface area contributed by atoms with E-state index in [1.165, 1.54) is 10.8 Å². The van der Waals surface area contributed by atoms with Gasteiger partial charge in [-0.3, -0.25) is 31.5 Å². The van der Waals surface area contributed by atoms with Crippen molar-refractivity contribution in [3.05, 3.63) is 497 Å². The van der Waals surface area contributed by atoms with Crippen LogP contribution in [0, 0.1) is 0 Å². The van der Waals surface area contributed by atoms with Gasteiger partial charge in [-0.15, -0.1) is 0 Å². The first-order valence-electron chi connectivity index (χ1n) is 49.2. The van der Waals surface area contributed by atoms with Gasteiger partial charge < -0.3 is 9.13 Å². The van der Waals surface area contributed by atoms with Gasteiger partial charge in [0.2, 0.25) is 17.8 Å². The van der Waals surface area contributed by atoms with Crippen molar-refractivity contribution in [1.82, 2.24) is 66.4 Å². The van der Waals surface area contributed by atoms with Crippen LogP contribution in [0.1, 0.15) is 0 Å². The molecule has 0 spiro atoms. The third kappa shape index (κ3) is 13.3. The van der Waals surface area contributed by atoms with E-state index >= 15 is 9.13 Å². The molecule has 31 rings (SSSR count). The maximum Gasteiger partial charge on any atom is 0.221 e. The van der Waals surface area contributed by atoms with Gasteiger partial charge in [-0.05, 0) is 196 Å². The van der Waals surface area contributed by atoms with Crippen LogP contribution in [0.2, 0.25) is 0 Å². The molecule has 0 aliphatic carbocycles. The molecule has 10 aromatic heterocycles. The standard InChI is InChI=1S/C46H29N4OP.C45H28N6.C38H25N4OP/c51-52(43-25-11-15-30-13-1-3-17-33(30)43,44-26-12-16-31-14-2-4-18-34(31)44)32-27-28-41-37(29-32)35-19-6-9-23-40(35)49(41)46-48-38-21-7-5-20-36(38)45-47-39-22-8-10-24-42(39)50(45)46;1-2-12-32(13-3-1)49-41-20-10-7-17-37(41)46-43(49)30-24-22-29(23-25-30)31-26-27-40-35(28-31)33-14-5-9-19-39(33)50(40)45-48-36-16-6-4-15-34(36)44-47-38-18-8-11-21-42(38)51(44)45;43-44(26-13-3-1-4-14-26,27-15-5-2-6-16-27)28-23-24-35-31(25-28)29-17-8-11-21-34(29)41(35)38-40-32-19-9-7-18-30(32)37-39-33-20-10-12-22-36(33)42(37)38/h1-29H;1-28H;1-25H. The van der Waals surface area contributed by atoms with E-state index in [1.54, 1.807) is 0 Å². The molecule has 0 aliphatic heterocycles. The molecule has 690 valence electrons. The molecule has 18 heteroatoms. The van der Waals surface area contributed by atoms with E-state index in [0.29, 0.717) is 0 Å². The Hall–Kier alpha value is -19.1. The van der Waals surface area contributed by atoms with Crippen LogP contribution in [-0.4, -0.2) is 66.4 Å². The highest BCUT2D eigenvalue weighted by Gasteiger charge is 2.36. The van der Waals surface area contributed by atoms with Crippen LogP contribution in [0.15, 0.2) is 497 Å². The second-order valence-electron chi connectivity index (χ2n) is 37.3. The molecule has 0 bridgehead atoms. The van der Waals surface area contributed by atoms with E-state index in [2.05, 4.69) is 341 Å². The van der Waals surface area contributed by atoms with Gasteiger partial charge >= 0.3 is 0 Å². The molecule has 0 fully saturated rings. The summed E-state index contributed by atoms with van der Waals surface area (Å²) in [5.41, 5.74) is 23.8. The number of para-hydroxylation sites is 15. The Kier molecular flexibility index (Phi) is 19.5. The molecule has 0 radical (unpaired) electrons. The molecular formula is C129H82N14O2P2. The number of aromatic nitrogens is 14. The van der Waals surface area contributed by atoms with E-state index in [9.17, 15) is 0 Å². The monoisotopic (exact) mass is 1920 g/mol. The minimum absolute atomic E-state index is 0.757. The van der Waals surface area contributed by atoms with Crippen molar-refractivity contribution in [3.8, 4) is 46.0 Å². The molecule has 0 unspecified atom stereocenters. The molecular weight excluding hydrogens is 1840 g/mol. The summed E-state index contributed by atoms with van der Waals surface area (Å²) in [6.07, 6.45) is 0. The largest absolute Gasteiger partial charge is 0.309 e. The maximum absolute atomic E-state index is 16.5. The molecule has 0 aliphatic rings. The molecule has 0 N–H and O–H groups in total. The zero-order valence-electron chi connectivity index (χ0n) is 78.8. The molecule has 10 heterocycles. The van der Waals surface area contributed by atoms with Crippen LogP contribution < -0.4 is 31.8 Å². The smallest absolute Gasteiger partial charge is 0.221 e. The van der Waals surface area contributed by atoms with Crippen molar-refractivity contribution >= 4 is 227 Å². The molecule has 16 nitrogen and oxygen atoms in total. The summed E-state index contributed by atoms with van der Waals surface area (Å²) in [5.74, 6) is 3.27. The Bertz CT molecular complexity index is 10800. The van der Waals surface area contributed by atoms with Gasteiger partial charge in [0.25, 0.3) is 0 Å². The highest BCUT2D eigenvalue weighted by atomic mass is 31.2. The third-order valence-corrected chi connectivity index (χ3v) is 35.4. The Morgan fingerprint density at radius 3 is 0.878 bits per heavy atom.